The Bertz CT molecular complexity index is 1650. The Labute approximate surface area is 249 Å². The molecule has 5 aromatic carbocycles. The fourth-order valence-corrected chi connectivity index (χ4v) is 4.55. The van der Waals surface area contributed by atoms with Crippen LogP contribution in [-0.4, -0.2) is 11.2 Å². The number of aliphatic imine (C=N–C) groups is 1. The molecule has 0 N–H and O–H groups in total. The molecule has 6 aromatic rings. The van der Waals surface area contributed by atoms with Crippen LogP contribution in [0.5, 0.6) is 0 Å². The van der Waals surface area contributed by atoms with Crippen molar-refractivity contribution in [2.24, 2.45) is 4.99 Å². The number of rotatable bonds is 7. The molecule has 0 fully saturated rings. The third-order valence-corrected chi connectivity index (χ3v) is 6.35. The fraction of sp³-hybridized carbons (Fsp3) is 0. The number of para-hydroxylation sites is 3. The molecule has 0 bridgehead atoms. The summed E-state index contributed by atoms with van der Waals surface area (Å²) in [4.78, 5) is 11.8. The number of pyridine rings is 1. The first-order valence-corrected chi connectivity index (χ1v) is 12.8. The quantitative estimate of drug-likeness (QED) is 0.123. The molecule has 1 aromatic heterocycles. The summed E-state index contributed by atoms with van der Waals surface area (Å²) in [5.41, 5.74) is 8.66. The molecule has 4 heteroatoms. The van der Waals surface area contributed by atoms with Gasteiger partial charge in [-0.3, -0.25) is 4.98 Å². The molecule has 40 heavy (non-hydrogen) atoms. The second-order valence-corrected chi connectivity index (χ2v) is 8.98. The fourth-order valence-electron chi connectivity index (χ4n) is 4.55. The minimum absolute atomic E-state index is 0. The topological polar surface area (TPSA) is 28.5 Å². The molecule has 0 radical (unpaired) electrons. The molecule has 0 saturated heterocycles. The standard InChI is InChI=1S/C36H25N3.Pt/c1-4-14-29(15-5-1)34-20-10-11-22-36(34)38-27-28-24-30(35-21-12-13-23-37-35)26-33(25-28)39(31-16-6-2-7-17-31)32-18-8-3-9-19-32;/h1-14,16-23,25-27H;/q-2;+2. The average molecular weight is 695 g/mol. The van der Waals surface area contributed by atoms with Gasteiger partial charge in [-0.25, -0.2) is 0 Å². The maximum Gasteiger partial charge on any atom is 2.00 e. The molecule has 0 aliphatic carbocycles. The van der Waals surface area contributed by atoms with Crippen molar-refractivity contribution < 1.29 is 21.1 Å². The van der Waals surface area contributed by atoms with Gasteiger partial charge in [-0.05, 0) is 48.3 Å². The van der Waals surface area contributed by atoms with Crippen molar-refractivity contribution in [3.8, 4) is 22.4 Å². The van der Waals surface area contributed by atoms with Crippen LogP contribution in [0.3, 0.4) is 0 Å². The van der Waals surface area contributed by atoms with Gasteiger partial charge in [-0.2, -0.15) is 0 Å². The van der Waals surface area contributed by atoms with E-state index < -0.39 is 0 Å². The second kappa shape index (κ2) is 13.0. The van der Waals surface area contributed by atoms with Crippen LogP contribution in [0.25, 0.3) is 22.4 Å². The van der Waals surface area contributed by atoms with E-state index in [0.29, 0.717) is 0 Å². The van der Waals surface area contributed by atoms with Gasteiger partial charge in [0.25, 0.3) is 0 Å². The number of nitrogens with zero attached hydrogens (tertiary/aromatic N) is 3. The first kappa shape index (κ1) is 27.0. The summed E-state index contributed by atoms with van der Waals surface area (Å²) >= 11 is 0. The largest absolute Gasteiger partial charge is 2.00 e. The van der Waals surface area contributed by atoms with E-state index in [4.69, 9.17) is 4.99 Å². The number of anilines is 3. The summed E-state index contributed by atoms with van der Waals surface area (Å²) in [6.45, 7) is 0. The van der Waals surface area contributed by atoms with E-state index in [1.165, 1.54) is 0 Å². The molecule has 0 amide bonds. The average Bonchev–Trinajstić information content (AvgIpc) is 3.02. The molecular formula is C36H25N3Pt. The Hall–Kier alpha value is -4.59. The minimum Gasteiger partial charge on any atom is -0.325 e. The number of hydrogen-bond donors (Lipinski definition) is 0. The van der Waals surface area contributed by atoms with Crippen LogP contribution in [-0.2, 0) is 21.1 Å². The molecule has 0 atom stereocenters. The monoisotopic (exact) mass is 694 g/mol. The molecule has 0 unspecified atom stereocenters. The van der Waals surface area contributed by atoms with E-state index in [9.17, 15) is 0 Å². The summed E-state index contributed by atoms with van der Waals surface area (Å²) in [7, 11) is 0. The van der Waals surface area contributed by atoms with Gasteiger partial charge in [0.05, 0.1) is 0 Å². The second-order valence-electron chi connectivity index (χ2n) is 8.98. The molecule has 3 nitrogen and oxygen atoms in total. The van der Waals surface area contributed by atoms with Crippen LogP contribution < -0.4 is 4.90 Å². The maximum atomic E-state index is 4.92. The van der Waals surface area contributed by atoms with E-state index in [1.54, 1.807) is 0 Å². The van der Waals surface area contributed by atoms with Crippen LogP contribution in [0.15, 0.2) is 151 Å². The molecule has 194 valence electrons. The van der Waals surface area contributed by atoms with Crippen molar-refractivity contribution in [1.82, 2.24) is 4.98 Å². The Balaban J connectivity index is 0.00000323. The zero-order chi connectivity index (χ0) is 26.3. The van der Waals surface area contributed by atoms with Gasteiger partial charge in [0, 0.05) is 29.0 Å². The summed E-state index contributed by atoms with van der Waals surface area (Å²) in [5.74, 6) is 0. The van der Waals surface area contributed by atoms with Crippen molar-refractivity contribution in [1.29, 1.82) is 0 Å². The van der Waals surface area contributed by atoms with E-state index in [0.717, 1.165) is 50.7 Å². The predicted molar refractivity (Wildman–Crippen MR) is 161 cm³/mol. The predicted octanol–water partition coefficient (Wildman–Crippen LogP) is 9.23. The van der Waals surface area contributed by atoms with Crippen LogP contribution in [0.1, 0.15) is 5.56 Å². The zero-order valence-electron chi connectivity index (χ0n) is 21.6. The van der Waals surface area contributed by atoms with Gasteiger partial charge in [-0.1, -0.05) is 77.9 Å². The van der Waals surface area contributed by atoms with E-state index >= 15 is 0 Å². The van der Waals surface area contributed by atoms with Gasteiger partial charge < -0.3 is 9.89 Å². The van der Waals surface area contributed by atoms with Crippen LogP contribution in [0.4, 0.5) is 22.7 Å². The van der Waals surface area contributed by atoms with Gasteiger partial charge in [0.1, 0.15) is 0 Å². The smallest absolute Gasteiger partial charge is 0.325 e. The van der Waals surface area contributed by atoms with E-state index in [-0.39, 0.29) is 21.1 Å². The summed E-state index contributed by atoms with van der Waals surface area (Å²) in [6, 6.07) is 53.9. The van der Waals surface area contributed by atoms with Crippen LogP contribution in [0.2, 0.25) is 0 Å². The molecule has 6 rings (SSSR count). The van der Waals surface area contributed by atoms with Crippen LogP contribution in [0, 0.1) is 12.1 Å². The van der Waals surface area contributed by atoms with Gasteiger partial charge in [-0.15, -0.1) is 59.7 Å². The Morgan fingerprint density at radius 2 is 1.30 bits per heavy atom. The molecule has 0 saturated carbocycles. The van der Waals surface area contributed by atoms with Crippen molar-refractivity contribution >= 4 is 29.0 Å². The van der Waals surface area contributed by atoms with Gasteiger partial charge >= 0.3 is 21.1 Å². The Kier molecular flexibility index (Phi) is 8.75. The molecule has 0 spiro atoms. The van der Waals surface area contributed by atoms with Crippen molar-refractivity contribution in [2.75, 3.05) is 4.90 Å². The van der Waals surface area contributed by atoms with Gasteiger partial charge in [0.2, 0.25) is 0 Å². The normalized spacial score (nSPS) is 10.7. The summed E-state index contributed by atoms with van der Waals surface area (Å²) in [5, 5.41) is 0. The molecular weight excluding hydrogens is 669 g/mol. The van der Waals surface area contributed by atoms with E-state index in [1.807, 2.05) is 79.1 Å². The summed E-state index contributed by atoms with van der Waals surface area (Å²) < 4.78 is 0. The minimum atomic E-state index is 0. The van der Waals surface area contributed by atoms with Crippen molar-refractivity contribution in [2.45, 2.75) is 0 Å². The number of benzene rings is 5. The molecule has 0 aliphatic rings. The third kappa shape index (κ3) is 6.17. The number of aromatic nitrogens is 1. The Morgan fingerprint density at radius 1 is 0.625 bits per heavy atom. The Morgan fingerprint density at radius 3 is 1.98 bits per heavy atom. The van der Waals surface area contributed by atoms with Gasteiger partial charge in [0.15, 0.2) is 0 Å². The van der Waals surface area contributed by atoms with Crippen molar-refractivity contribution in [3.63, 3.8) is 0 Å². The molecule has 0 aliphatic heterocycles. The number of hydrogen-bond acceptors (Lipinski definition) is 3. The summed E-state index contributed by atoms with van der Waals surface area (Å²) in [6.07, 6.45) is 3.69. The maximum absolute atomic E-state index is 4.92. The van der Waals surface area contributed by atoms with E-state index in [2.05, 4.69) is 94.8 Å². The third-order valence-electron chi connectivity index (χ3n) is 6.35. The first-order valence-electron chi connectivity index (χ1n) is 12.8. The van der Waals surface area contributed by atoms with Crippen LogP contribution >= 0.6 is 0 Å². The zero-order valence-corrected chi connectivity index (χ0v) is 23.9. The SMILES string of the molecule is [Pt+2].[c-]1c(C=Nc2ccccc2-c2[c-]cccc2)cc(N(c2ccccc2)c2ccccc2)cc1-c1ccccn1. The molecule has 1 heterocycles. The van der Waals surface area contributed by atoms with Crippen molar-refractivity contribution in [3.05, 3.63) is 163 Å². The first-order chi connectivity index (χ1) is 19.3.